The molecule has 0 aromatic heterocycles. The molecule has 1 heterocycles. The highest BCUT2D eigenvalue weighted by Crippen LogP contribution is 2.30. The summed E-state index contributed by atoms with van der Waals surface area (Å²) in [4.78, 5) is 13.4. The van der Waals surface area contributed by atoms with Crippen LogP contribution in [0.25, 0.3) is 0 Å². The maximum absolute atomic E-state index is 11.7. The van der Waals surface area contributed by atoms with Gasteiger partial charge in [-0.15, -0.1) is 0 Å². The van der Waals surface area contributed by atoms with Gasteiger partial charge in [0, 0.05) is 12.1 Å². The van der Waals surface area contributed by atoms with Crippen LogP contribution < -0.4 is 0 Å². The molecule has 13 heavy (non-hydrogen) atoms. The van der Waals surface area contributed by atoms with E-state index < -0.39 is 6.10 Å². The minimum atomic E-state index is -0.834. The van der Waals surface area contributed by atoms with Gasteiger partial charge in [0.05, 0.1) is 0 Å². The summed E-state index contributed by atoms with van der Waals surface area (Å²) < 4.78 is 0. The SMILES string of the molecule is CC(C)[C@H](O)C(=O)N1CCC1(C)C. The summed E-state index contributed by atoms with van der Waals surface area (Å²) in [5.41, 5.74) is -0.0487. The number of carbonyl (C=O) groups excluding carboxylic acids is 1. The Balaban J connectivity index is 2.59. The summed E-state index contributed by atoms with van der Waals surface area (Å²) in [5, 5.41) is 9.57. The summed E-state index contributed by atoms with van der Waals surface area (Å²) in [6.45, 7) is 8.56. The molecular formula is C10H19NO2. The van der Waals surface area contributed by atoms with Crippen LogP contribution >= 0.6 is 0 Å². The molecule has 1 aliphatic heterocycles. The number of aliphatic hydroxyl groups is 1. The zero-order valence-electron chi connectivity index (χ0n) is 8.87. The fourth-order valence-electron chi connectivity index (χ4n) is 1.52. The van der Waals surface area contributed by atoms with Crippen LogP contribution in [-0.4, -0.2) is 34.1 Å². The van der Waals surface area contributed by atoms with E-state index in [4.69, 9.17) is 0 Å². The molecule has 1 N–H and O–H groups in total. The van der Waals surface area contributed by atoms with E-state index in [9.17, 15) is 9.90 Å². The van der Waals surface area contributed by atoms with E-state index in [0.717, 1.165) is 13.0 Å². The molecule has 3 heteroatoms. The second-order valence-electron chi connectivity index (χ2n) is 4.74. The molecule has 1 aliphatic rings. The lowest BCUT2D eigenvalue weighted by Gasteiger charge is -2.49. The fourth-order valence-corrected chi connectivity index (χ4v) is 1.52. The lowest BCUT2D eigenvalue weighted by molar-refractivity contribution is -0.156. The Hall–Kier alpha value is -0.570. The molecule has 0 aliphatic carbocycles. The lowest BCUT2D eigenvalue weighted by atomic mass is 9.87. The molecule has 0 unspecified atom stereocenters. The molecule has 0 radical (unpaired) electrons. The number of nitrogens with zero attached hydrogens (tertiary/aromatic N) is 1. The number of hydrogen-bond acceptors (Lipinski definition) is 2. The average Bonchev–Trinajstić information content (AvgIpc) is 2.01. The van der Waals surface area contributed by atoms with E-state index in [0.29, 0.717) is 0 Å². The maximum Gasteiger partial charge on any atom is 0.252 e. The van der Waals surface area contributed by atoms with Gasteiger partial charge in [-0.1, -0.05) is 13.8 Å². The van der Waals surface area contributed by atoms with Crippen molar-refractivity contribution in [2.75, 3.05) is 6.54 Å². The summed E-state index contributed by atoms with van der Waals surface area (Å²) in [6.07, 6.45) is 0.198. The molecule has 1 atom stereocenters. The Morgan fingerprint density at radius 3 is 2.23 bits per heavy atom. The Kier molecular flexibility index (Phi) is 2.66. The van der Waals surface area contributed by atoms with Gasteiger partial charge in [0.2, 0.25) is 0 Å². The predicted octanol–water partition coefficient (Wildman–Crippen LogP) is 1.01. The predicted molar refractivity (Wildman–Crippen MR) is 51.3 cm³/mol. The van der Waals surface area contributed by atoms with Crippen LogP contribution in [-0.2, 0) is 4.79 Å². The summed E-state index contributed by atoms with van der Waals surface area (Å²) in [5.74, 6) is -0.116. The zero-order valence-corrected chi connectivity index (χ0v) is 8.87. The van der Waals surface area contributed by atoms with E-state index >= 15 is 0 Å². The van der Waals surface area contributed by atoms with Gasteiger partial charge in [0.25, 0.3) is 5.91 Å². The van der Waals surface area contributed by atoms with E-state index in [1.165, 1.54) is 0 Å². The highest BCUT2D eigenvalue weighted by molar-refractivity contribution is 5.82. The van der Waals surface area contributed by atoms with E-state index in [2.05, 4.69) is 0 Å². The van der Waals surface area contributed by atoms with Gasteiger partial charge in [-0.2, -0.15) is 0 Å². The third kappa shape index (κ3) is 1.85. The molecule has 0 spiro atoms. The van der Waals surface area contributed by atoms with Crippen molar-refractivity contribution in [1.82, 2.24) is 4.90 Å². The van der Waals surface area contributed by atoms with Gasteiger partial charge in [-0.25, -0.2) is 0 Å². The third-order valence-electron chi connectivity index (χ3n) is 2.83. The second-order valence-corrected chi connectivity index (χ2v) is 4.74. The quantitative estimate of drug-likeness (QED) is 0.697. The summed E-state index contributed by atoms with van der Waals surface area (Å²) in [6, 6.07) is 0. The molecule has 0 bridgehead atoms. The standard InChI is InChI=1S/C10H19NO2/c1-7(2)8(12)9(13)11-6-5-10(11,3)4/h7-8,12H,5-6H2,1-4H3/t8-/m0/s1. The van der Waals surface area contributed by atoms with Crippen molar-refractivity contribution in [2.45, 2.75) is 45.8 Å². The van der Waals surface area contributed by atoms with Crippen LogP contribution in [0.5, 0.6) is 0 Å². The first kappa shape index (κ1) is 10.5. The highest BCUT2D eigenvalue weighted by atomic mass is 16.3. The van der Waals surface area contributed by atoms with Gasteiger partial charge < -0.3 is 10.0 Å². The molecule has 1 saturated heterocycles. The van der Waals surface area contributed by atoms with Gasteiger partial charge in [0.1, 0.15) is 6.10 Å². The Bertz CT molecular complexity index is 211. The normalized spacial score (nSPS) is 22.8. The van der Waals surface area contributed by atoms with Crippen molar-refractivity contribution in [3.8, 4) is 0 Å². The Morgan fingerprint density at radius 1 is 1.46 bits per heavy atom. The van der Waals surface area contributed by atoms with Crippen LogP contribution in [0.4, 0.5) is 0 Å². The number of likely N-dealkylation sites (tertiary alicyclic amines) is 1. The van der Waals surface area contributed by atoms with Gasteiger partial charge >= 0.3 is 0 Å². The van der Waals surface area contributed by atoms with Crippen LogP contribution in [0.1, 0.15) is 34.1 Å². The lowest BCUT2D eigenvalue weighted by Crippen LogP contribution is -2.61. The van der Waals surface area contributed by atoms with Crippen LogP contribution in [0, 0.1) is 5.92 Å². The number of carbonyl (C=O) groups is 1. The molecule has 0 aromatic rings. The average molecular weight is 185 g/mol. The molecule has 1 amide bonds. The van der Waals surface area contributed by atoms with Crippen LogP contribution in [0.2, 0.25) is 0 Å². The molecule has 3 nitrogen and oxygen atoms in total. The Labute approximate surface area is 79.7 Å². The van der Waals surface area contributed by atoms with Crippen molar-refractivity contribution in [3.05, 3.63) is 0 Å². The van der Waals surface area contributed by atoms with Crippen molar-refractivity contribution in [2.24, 2.45) is 5.92 Å². The Morgan fingerprint density at radius 2 is 2.00 bits per heavy atom. The highest BCUT2D eigenvalue weighted by Gasteiger charge is 2.41. The minimum absolute atomic E-state index is 0.00361. The smallest absolute Gasteiger partial charge is 0.252 e. The zero-order chi connectivity index (χ0) is 10.2. The van der Waals surface area contributed by atoms with Crippen LogP contribution in [0.3, 0.4) is 0 Å². The maximum atomic E-state index is 11.7. The van der Waals surface area contributed by atoms with E-state index in [1.807, 2.05) is 27.7 Å². The number of hydrogen-bond donors (Lipinski definition) is 1. The topological polar surface area (TPSA) is 40.5 Å². The van der Waals surface area contributed by atoms with Crippen molar-refractivity contribution in [3.63, 3.8) is 0 Å². The largest absolute Gasteiger partial charge is 0.383 e. The number of rotatable bonds is 2. The minimum Gasteiger partial charge on any atom is -0.383 e. The molecular weight excluding hydrogens is 166 g/mol. The molecule has 0 saturated carbocycles. The first-order chi connectivity index (χ1) is 5.86. The second kappa shape index (κ2) is 3.29. The van der Waals surface area contributed by atoms with Gasteiger partial charge in [0.15, 0.2) is 0 Å². The van der Waals surface area contributed by atoms with E-state index in [-0.39, 0.29) is 17.4 Å². The van der Waals surface area contributed by atoms with Crippen LogP contribution in [0.15, 0.2) is 0 Å². The molecule has 1 fully saturated rings. The van der Waals surface area contributed by atoms with Crippen molar-refractivity contribution < 1.29 is 9.90 Å². The third-order valence-corrected chi connectivity index (χ3v) is 2.83. The molecule has 1 rings (SSSR count). The van der Waals surface area contributed by atoms with Crippen molar-refractivity contribution >= 4 is 5.91 Å². The number of aliphatic hydroxyl groups excluding tert-OH is 1. The van der Waals surface area contributed by atoms with E-state index in [1.54, 1.807) is 4.90 Å². The first-order valence-electron chi connectivity index (χ1n) is 4.86. The molecule has 76 valence electrons. The molecule has 0 aromatic carbocycles. The van der Waals surface area contributed by atoms with Crippen molar-refractivity contribution in [1.29, 1.82) is 0 Å². The summed E-state index contributed by atoms with van der Waals surface area (Å²) in [7, 11) is 0. The number of amides is 1. The monoisotopic (exact) mass is 185 g/mol. The summed E-state index contributed by atoms with van der Waals surface area (Å²) >= 11 is 0. The first-order valence-corrected chi connectivity index (χ1v) is 4.86. The van der Waals surface area contributed by atoms with Gasteiger partial charge in [-0.05, 0) is 26.2 Å². The van der Waals surface area contributed by atoms with Gasteiger partial charge in [-0.3, -0.25) is 4.79 Å². The fraction of sp³-hybridized carbons (Fsp3) is 0.900.